The predicted octanol–water partition coefficient (Wildman–Crippen LogP) is 1.07. The minimum atomic E-state index is -3.99. The molecule has 3 N–H and O–H groups in total. The van der Waals surface area contributed by atoms with Gasteiger partial charge in [-0.25, -0.2) is 17.9 Å². The van der Waals surface area contributed by atoms with Crippen molar-refractivity contribution in [1.82, 2.24) is 0 Å². The SMILES string of the molecule is CC1CC1C(=O)Nc1cc(F)cc(S(N)(=O)=O)c1. The van der Waals surface area contributed by atoms with Gasteiger partial charge in [-0.05, 0) is 30.5 Å². The summed E-state index contributed by atoms with van der Waals surface area (Å²) in [4.78, 5) is 11.3. The maximum absolute atomic E-state index is 13.2. The Kier molecular flexibility index (Phi) is 3.12. The number of primary sulfonamides is 1. The Morgan fingerprint density at radius 2 is 2.06 bits per heavy atom. The van der Waals surface area contributed by atoms with Crippen LogP contribution in [0.25, 0.3) is 0 Å². The minimum absolute atomic E-state index is 0.0776. The summed E-state index contributed by atoms with van der Waals surface area (Å²) < 4.78 is 35.5. The van der Waals surface area contributed by atoms with Gasteiger partial charge in [0, 0.05) is 11.6 Å². The second-order valence-corrected chi connectivity index (χ2v) is 6.09. The van der Waals surface area contributed by atoms with Gasteiger partial charge in [-0.3, -0.25) is 4.79 Å². The van der Waals surface area contributed by atoms with Gasteiger partial charge in [0.25, 0.3) is 0 Å². The Labute approximate surface area is 104 Å². The number of rotatable bonds is 3. The maximum atomic E-state index is 13.2. The summed E-state index contributed by atoms with van der Waals surface area (Å²) in [7, 11) is -3.99. The van der Waals surface area contributed by atoms with Crippen LogP contribution in [0.15, 0.2) is 23.1 Å². The van der Waals surface area contributed by atoms with Crippen LogP contribution < -0.4 is 10.5 Å². The molecule has 1 fully saturated rings. The van der Waals surface area contributed by atoms with Crippen LogP contribution in [0.2, 0.25) is 0 Å². The van der Waals surface area contributed by atoms with E-state index in [-0.39, 0.29) is 22.4 Å². The topological polar surface area (TPSA) is 89.3 Å². The Morgan fingerprint density at radius 1 is 1.44 bits per heavy atom. The lowest BCUT2D eigenvalue weighted by atomic mass is 10.2. The van der Waals surface area contributed by atoms with E-state index in [0.29, 0.717) is 5.92 Å². The Bertz CT molecular complexity index is 600. The van der Waals surface area contributed by atoms with Gasteiger partial charge >= 0.3 is 0 Å². The van der Waals surface area contributed by atoms with E-state index in [9.17, 15) is 17.6 Å². The van der Waals surface area contributed by atoms with Crippen molar-refractivity contribution in [3.8, 4) is 0 Å². The van der Waals surface area contributed by atoms with Crippen molar-refractivity contribution in [2.45, 2.75) is 18.2 Å². The molecule has 0 aliphatic heterocycles. The van der Waals surface area contributed by atoms with Gasteiger partial charge in [0.15, 0.2) is 0 Å². The molecule has 18 heavy (non-hydrogen) atoms. The highest BCUT2D eigenvalue weighted by molar-refractivity contribution is 7.89. The van der Waals surface area contributed by atoms with E-state index in [4.69, 9.17) is 5.14 Å². The van der Waals surface area contributed by atoms with Crippen molar-refractivity contribution in [2.75, 3.05) is 5.32 Å². The van der Waals surface area contributed by atoms with Crippen molar-refractivity contribution in [3.05, 3.63) is 24.0 Å². The number of halogens is 1. The predicted molar refractivity (Wildman–Crippen MR) is 63.7 cm³/mol. The lowest BCUT2D eigenvalue weighted by Crippen LogP contribution is -2.16. The van der Waals surface area contributed by atoms with Gasteiger partial charge in [0.1, 0.15) is 5.82 Å². The van der Waals surface area contributed by atoms with Crippen molar-refractivity contribution >= 4 is 21.6 Å². The summed E-state index contributed by atoms with van der Waals surface area (Å²) in [6.45, 7) is 1.94. The van der Waals surface area contributed by atoms with E-state index in [1.165, 1.54) is 0 Å². The average molecular weight is 272 g/mol. The first-order valence-corrected chi connectivity index (χ1v) is 6.96. The summed E-state index contributed by atoms with van der Waals surface area (Å²) in [5.41, 5.74) is 0.100. The van der Waals surface area contributed by atoms with Crippen LogP contribution in [-0.4, -0.2) is 14.3 Å². The summed E-state index contributed by atoms with van der Waals surface area (Å²) in [6, 6.07) is 3.01. The molecule has 1 aliphatic rings. The number of hydrogen-bond acceptors (Lipinski definition) is 3. The van der Waals surface area contributed by atoms with Crippen molar-refractivity contribution < 1.29 is 17.6 Å². The zero-order valence-electron chi connectivity index (χ0n) is 9.68. The molecule has 5 nitrogen and oxygen atoms in total. The van der Waals surface area contributed by atoms with E-state index in [1.807, 2.05) is 6.92 Å². The molecular formula is C11H13FN2O3S. The van der Waals surface area contributed by atoms with Crippen LogP contribution in [0.3, 0.4) is 0 Å². The van der Waals surface area contributed by atoms with Crippen LogP contribution in [0.5, 0.6) is 0 Å². The van der Waals surface area contributed by atoms with E-state index >= 15 is 0 Å². The fourth-order valence-corrected chi connectivity index (χ4v) is 2.29. The smallest absolute Gasteiger partial charge is 0.238 e. The van der Waals surface area contributed by atoms with Crippen LogP contribution in [-0.2, 0) is 14.8 Å². The second-order valence-electron chi connectivity index (χ2n) is 4.53. The monoisotopic (exact) mass is 272 g/mol. The molecule has 2 unspecified atom stereocenters. The molecule has 0 heterocycles. The van der Waals surface area contributed by atoms with Gasteiger partial charge in [-0.15, -0.1) is 0 Å². The molecule has 1 saturated carbocycles. The van der Waals surface area contributed by atoms with E-state index in [2.05, 4.69) is 5.32 Å². The third-order valence-electron chi connectivity index (χ3n) is 2.91. The van der Waals surface area contributed by atoms with Crippen LogP contribution >= 0.6 is 0 Å². The first kappa shape index (κ1) is 13.0. The Balaban J connectivity index is 2.23. The summed E-state index contributed by atoms with van der Waals surface area (Å²) in [6.07, 6.45) is 0.795. The third-order valence-corrected chi connectivity index (χ3v) is 3.81. The van der Waals surface area contributed by atoms with E-state index in [1.54, 1.807) is 0 Å². The molecule has 1 amide bonds. The number of sulfonamides is 1. The molecule has 1 aromatic rings. The number of benzene rings is 1. The molecule has 2 atom stereocenters. The quantitative estimate of drug-likeness (QED) is 0.862. The molecule has 0 saturated heterocycles. The van der Waals surface area contributed by atoms with Gasteiger partial charge in [-0.2, -0.15) is 0 Å². The van der Waals surface area contributed by atoms with Crippen LogP contribution in [0.1, 0.15) is 13.3 Å². The molecule has 0 radical (unpaired) electrons. The molecule has 2 rings (SSSR count). The minimum Gasteiger partial charge on any atom is -0.326 e. The number of nitrogens with one attached hydrogen (secondary N) is 1. The molecule has 0 spiro atoms. The fraction of sp³-hybridized carbons (Fsp3) is 0.364. The lowest BCUT2D eigenvalue weighted by Gasteiger charge is -2.06. The van der Waals surface area contributed by atoms with Gasteiger partial charge in [0.05, 0.1) is 4.90 Å². The standard InChI is InChI=1S/C11H13FN2O3S/c1-6-2-10(6)11(15)14-8-3-7(12)4-9(5-8)18(13,16)17/h3-6,10H,2H2,1H3,(H,14,15)(H2,13,16,17). The summed E-state index contributed by atoms with van der Waals surface area (Å²) >= 11 is 0. The van der Waals surface area contributed by atoms with Gasteiger partial charge in [0.2, 0.25) is 15.9 Å². The third kappa shape index (κ3) is 2.85. The lowest BCUT2D eigenvalue weighted by molar-refractivity contribution is -0.117. The number of carbonyl (C=O) groups excluding carboxylic acids is 1. The first-order chi connectivity index (χ1) is 8.27. The molecule has 0 bridgehead atoms. The van der Waals surface area contributed by atoms with Crippen molar-refractivity contribution in [3.63, 3.8) is 0 Å². The first-order valence-electron chi connectivity index (χ1n) is 5.41. The molecular weight excluding hydrogens is 259 g/mol. The largest absolute Gasteiger partial charge is 0.326 e. The molecule has 0 aromatic heterocycles. The van der Waals surface area contributed by atoms with Gasteiger partial charge < -0.3 is 5.32 Å². The van der Waals surface area contributed by atoms with Crippen LogP contribution in [0.4, 0.5) is 10.1 Å². The van der Waals surface area contributed by atoms with Gasteiger partial charge in [-0.1, -0.05) is 6.92 Å². The Hall–Kier alpha value is -1.47. The summed E-state index contributed by atoms with van der Waals surface area (Å²) in [5, 5.41) is 7.40. The number of nitrogens with two attached hydrogens (primary N) is 1. The molecule has 1 aromatic carbocycles. The van der Waals surface area contributed by atoms with E-state index < -0.39 is 15.8 Å². The second kappa shape index (κ2) is 4.33. The summed E-state index contributed by atoms with van der Waals surface area (Å²) in [5.74, 6) is -0.753. The average Bonchev–Trinajstić information content (AvgIpc) is 2.93. The van der Waals surface area contributed by atoms with E-state index in [0.717, 1.165) is 24.6 Å². The van der Waals surface area contributed by atoms with Crippen molar-refractivity contribution in [2.24, 2.45) is 17.0 Å². The molecule has 1 aliphatic carbocycles. The number of carbonyl (C=O) groups is 1. The highest BCUT2D eigenvalue weighted by Crippen LogP contribution is 2.38. The van der Waals surface area contributed by atoms with Crippen LogP contribution in [0, 0.1) is 17.7 Å². The molecule has 98 valence electrons. The number of hydrogen-bond donors (Lipinski definition) is 2. The normalized spacial score (nSPS) is 22.6. The zero-order chi connectivity index (χ0) is 13.5. The molecule has 7 heteroatoms. The number of amides is 1. The zero-order valence-corrected chi connectivity index (χ0v) is 10.5. The fourth-order valence-electron chi connectivity index (χ4n) is 1.72. The highest BCUT2D eigenvalue weighted by atomic mass is 32.2. The number of anilines is 1. The Morgan fingerprint density at radius 3 is 2.56 bits per heavy atom. The van der Waals surface area contributed by atoms with Crippen molar-refractivity contribution in [1.29, 1.82) is 0 Å². The maximum Gasteiger partial charge on any atom is 0.238 e. The highest BCUT2D eigenvalue weighted by Gasteiger charge is 2.39.